The van der Waals surface area contributed by atoms with Gasteiger partial charge < -0.3 is 9.26 Å². The van der Waals surface area contributed by atoms with E-state index in [-0.39, 0.29) is 12.0 Å². The van der Waals surface area contributed by atoms with Gasteiger partial charge in [0, 0.05) is 9.89 Å². The summed E-state index contributed by atoms with van der Waals surface area (Å²) in [7, 11) is 0. The molecule has 2 aromatic rings. The molecule has 6 heteroatoms. The summed E-state index contributed by atoms with van der Waals surface area (Å²) in [6.45, 7) is 6.25. The number of nitrogens with zero attached hydrogens (tertiary/aromatic N) is 2. The highest BCUT2D eigenvalue weighted by Gasteiger charge is 2.21. The van der Waals surface area contributed by atoms with Crippen molar-refractivity contribution in [2.75, 3.05) is 0 Å². The summed E-state index contributed by atoms with van der Waals surface area (Å²) in [5.41, 5.74) is -0.168. The van der Waals surface area contributed by atoms with Gasteiger partial charge in [-0.2, -0.15) is 4.98 Å². The van der Waals surface area contributed by atoms with Crippen LogP contribution in [0.5, 0.6) is 5.75 Å². The van der Waals surface area contributed by atoms with Crippen molar-refractivity contribution in [3.63, 3.8) is 0 Å². The van der Waals surface area contributed by atoms with Gasteiger partial charge in [0.1, 0.15) is 5.75 Å². The predicted molar refractivity (Wildman–Crippen MR) is 76.5 cm³/mol. The summed E-state index contributed by atoms with van der Waals surface area (Å²) < 4.78 is 11.7. The molecule has 0 atom stereocenters. The predicted octanol–water partition coefficient (Wildman–Crippen LogP) is 4.36. The van der Waals surface area contributed by atoms with Crippen LogP contribution in [0.2, 0.25) is 5.02 Å². The third-order valence-electron chi connectivity index (χ3n) is 2.36. The number of hydrogen-bond acceptors (Lipinski definition) is 4. The average Bonchev–Trinajstić information content (AvgIpc) is 2.79. The van der Waals surface area contributed by atoms with Crippen molar-refractivity contribution in [2.24, 2.45) is 0 Å². The number of rotatable bonds is 3. The molecular weight excluding hydrogens is 332 g/mol. The first-order chi connectivity index (χ1) is 8.86. The minimum atomic E-state index is -0.168. The topological polar surface area (TPSA) is 48.2 Å². The van der Waals surface area contributed by atoms with Gasteiger partial charge in [-0.05, 0) is 18.2 Å². The van der Waals surface area contributed by atoms with Crippen molar-refractivity contribution in [3.8, 4) is 5.75 Å². The summed E-state index contributed by atoms with van der Waals surface area (Å²) in [5.74, 6) is 1.67. The Labute approximate surface area is 125 Å². The molecule has 0 spiro atoms. The van der Waals surface area contributed by atoms with Gasteiger partial charge in [0.15, 0.2) is 6.61 Å². The highest BCUT2D eigenvalue weighted by atomic mass is 79.9. The molecule has 0 unspecified atom stereocenters. The largest absolute Gasteiger partial charge is 0.484 e. The van der Waals surface area contributed by atoms with Gasteiger partial charge >= 0.3 is 0 Å². The second-order valence-corrected chi connectivity index (χ2v) is 6.45. The summed E-state index contributed by atoms with van der Waals surface area (Å²) in [6.07, 6.45) is 0. The van der Waals surface area contributed by atoms with Crippen molar-refractivity contribution >= 4 is 27.5 Å². The number of hydrogen-bond donors (Lipinski definition) is 0. The maximum Gasteiger partial charge on any atom is 0.232 e. The van der Waals surface area contributed by atoms with Gasteiger partial charge in [-0.1, -0.05) is 53.5 Å². The summed E-state index contributed by atoms with van der Waals surface area (Å²) in [6, 6.07) is 5.41. The Morgan fingerprint density at radius 3 is 2.74 bits per heavy atom. The molecule has 0 aliphatic carbocycles. The monoisotopic (exact) mass is 344 g/mol. The fraction of sp³-hybridized carbons (Fsp3) is 0.385. The minimum absolute atomic E-state index is 0.168. The quantitative estimate of drug-likeness (QED) is 0.829. The Hall–Kier alpha value is -1.07. The third kappa shape index (κ3) is 3.70. The van der Waals surface area contributed by atoms with E-state index in [4.69, 9.17) is 20.9 Å². The van der Waals surface area contributed by atoms with Crippen molar-refractivity contribution in [1.82, 2.24) is 10.1 Å². The molecule has 0 N–H and O–H groups in total. The Morgan fingerprint density at radius 2 is 2.11 bits per heavy atom. The van der Waals surface area contributed by atoms with Crippen molar-refractivity contribution < 1.29 is 9.26 Å². The van der Waals surface area contributed by atoms with Crippen LogP contribution in [0.25, 0.3) is 0 Å². The van der Waals surface area contributed by atoms with Crippen molar-refractivity contribution in [1.29, 1.82) is 0 Å². The Kier molecular flexibility index (Phi) is 4.16. The molecular formula is C13H14BrClN2O2. The maximum absolute atomic E-state index is 6.03. The zero-order chi connectivity index (χ0) is 14.0. The zero-order valence-corrected chi connectivity index (χ0v) is 13.2. The van der Waals surface area contributed by atoms with E-state index >= 15 is 0 Å². The highest BCUT2D eigenvalue weighted by Crippen LogP contribution is 2.28. The van der Waals surface area contributed by atoms with Crippen LogP contribution >= 0.6 is 27.5 Å². The van der Waals surface area contributed by atoms with E-state index in [1.807, 2.05) is 26.8 Å². The zero-order valence-electron chi connectivity index (χ0n) is 10.9. The summed E-state index contributed by atoms with van der Waals surface area (Å²) in [5, 5.41) is 4.43. The normalized spacial score (nSPS) is 11.6. The SMILES string of the molecule is CC(C)(C)c1nc(COc2cc(Br)ccc2Cl)no1. The first-order valence-electron chi connectivity index (χ1n) is 5.77. The number of ether oxygens (including phenoxy) is 1. The summed E-state index contributed by atoms with van der Waals surface area (Å²) in [4.78, 5) is 4.29. The van der Waals surface area contributed by atoms with Gasteiger partial charge in [0.05, 0.1) is 5.02 Å². The fourth-order valence-corrected chi connectivity index (χ4v) is 1.86. The lowest BCUT2D eigenvalue weighted by Gasteiger charge is -2.10. The molecule has 102 valence electrons. The van der Waals surface area contributed by atoms with Crippen LogP contribution in [0.4, 0.5) is 0 Å². The van der Waals surface area contributed by atoms with Crippen LogP contribution < -0.4 is 4.74 Å². The fourth-order valence-electron chi connectivity index (χ4n) is 1.35. The van der Waals surface area contributed by atoms with E-state index in [0.29, 0.717) is 22.5 Å². The van der Waals surface area contributed by atoms with Crippen LogP contribution in [-0.4, -0.2) is 10.1 Å². The lowest BCUT2D eigenvalue weighted by atomic mass is 9.97. The van der Waals surface area contributed by atoms with Gasteiger partial charge in [0.2, 0.25) is 11.7 Å². The first kappa shape index (κ1) is 14.3. The molecule has 0 aliphatic rings. The summed E-state index contributed by atoms with van der Waals surface area (Å²) >= 11 is 9.39. The molecule has 0 saturated heterocycles. The molecule has 0 aliphatic heterocycles. The van der Waals surface area contributed by atoms with Crippen LogP contribution in [-0.2, 0) is 12.0 Å². The van der Waals surface area contributed by atoms with E-state index in [9.17, 15) is 0 Å². The second kappa shape index (κ2) is 5.51. The average molecular weight is 346 g/mol. The maximum atomic E-state index is 6.03. The molecule has 0 fully saturated rings. The third-order valence-corrected chi connectivity index (χ3v) is 3.17. The number of halogens is 2. The van der Waals surface area contributed by atoms with E-state index < -0.39 is 0 Å². The lowest BCUT2D eigenvalue weighted by molar-refractivity contribution is 0.280. The van der Waals surface area contributed by atoms with Gasteiger partial charge in [0.25, 0.3) is 0 Å². The number of aromatic nitrogens is 2. The van der Waals surface area contributed by atoms with E-state index in [1.54, 1.807) is 12.1 Å². The highest BCUT2D eigenvalue weighted by molar-refractivity contribution is 9.10. The molecule has 1 heterocycles. The van der Waals surface area contributed by atoms with Crippen molar-refractivity contribution in [3.05, 3.63) is 39.4 Å². The van der Waals surface area contributed by atoms with E-state index in [2.05, 4.69) is 26.1 Å². The van der Waals surface area contributed by atoms with Crippen LogP contribution in [0, 0.1) is 0 Å². The molecule has 1 aromatic carbocycles. The molecule has 4 nitrogen and oxygen atoms in total. The van der Waals surface area contributed by atoms with Gasteiger partial charge in [-0.15, -0.1) is 0 Å². The van der Waals surface area contributed by atoms with Crippen molar-refractivity contribution in [2.45, 2.75) is 32.8 Å². The Balaban J connectivity index is 2.06. The molecule has 0 radical (unpaired) electrons. The molecule has 0 bridgehead atoms. The standard InChI is InChI=1S/C13H14BrClN2O2/c1-13(2,3)12-16-11(17-19-12)7-18-10-6-8(14)4-5-9(10)15/h4-6H,7H2,1-3H3. The molecule has 0 saturated carbocycles. The smallest absolute Gasteiger partial charge is 0.232 e. The van der Waals surface area contributed by atoms with Gasteiger partial charge in [-0.3, -0.25) is 0 Å². The van der Waals surface area contributed by atoms with E-state index in [1.165, 1.54) is 0 Å². The van der Waals surface area contributed by atoms with E-state index in [0.717, 1.165) is 4.47 Å². The molecule has 2 rings (SSSR count). The molecule has 19 heavy (non-hydrogen) atoms. The van der Waals surface area contributed by atoms with Crippen LogP contribution in [0.3, 0.4) is 0 Å². The van der Waals surface area contributed by atoms with Crippen LogP contribution in [0.15, 0.2) is 27.2 Å². The van der Waals surface area contributed by atoms with Crippen LogP contribution in [0.1, 0.15) is 32.5 Å². The second-order valence-electron chi connectivity index (χ2n) is 5.13. The van der Waals surface area contributed by atoms with Gasteiger partial charge in [-0.25, -0.2) is 0 Å². The Bertz CT molecular complexity index is 578. The first-order valence-corrected chi connectivity index (χ1v) is 6.94. The minimum Gasteiger partial charge on any atom is -0.484 e. The Morgan fingerprint density at radius 1 is 1.37 bits per heavy atom. The lowest BCUT2D eigenvalue weighted by Crippen LogP contribution is -2.11. The molecule has 1 aromatic heterocycles. The molecule has 0 amide bonds. The number of benzene rings is 1.